The van der Waals surface area contributed by atoms with E-state index in [4.69, 9.17) is 5.73 Å². The largest absolute Gasteiger partial charge is 0.366 e. The SMILES string of the molecule is Nc1n[nH]c(C(=O)NS(=O)(=O)c2ccccc2)n1. The minimum Gasteiger partial charge on any atom is -0.366 e. The number of carbonyl (C=O) groups is 1. The maximum atomic E-state index is 11.8. The van der Waals surface area contributed by atoms with Gasteiger partial charge >= 0.3 is 5.91 Å². The molecule has 1 heterocycles. The summed E-state index contributed by atoms with van der Waals surface area (Å²) in [5, 5.41) is 5.64. The first-order valence-electron chi connectivity index (χ1n) is 4.79. The fourth-order valence-corrected chi connectivity index (χ4v) is 2.18. The van der Waals surface area contributed by atoms with Gasteiger partial charge in [0.1, 0.15) is 0 Å². The predicted octanol–water partition coefficient (Wildman–Crippen LogP) is -0.494. The molecule has 2 rings (SSSR count). The lowest BCUT2D eigenvalue weighted by Crippen LogP contribution is -2.31. The van der Waals surface area contributed by atoms with Gasteiger partial charge in [-0.15, -0.1) is 5.10 Å². The fraction of sp³-hybridized carbons (Fsp3) is 0. The standard InChI is InChI=1S/C9H9N5O3S/c10-9-11-7(12-13-9)8(15)14-18(16,17)6-4-2-1-3-5-6/h1-5H,(H,14,15)(H3,10,11,12,13). The lowest BCUT2D eigenvalue weighted by atomic mass is 10.4. The molecule has 4 N–H and O–H groups in total. The molecule has 0 radical (unpaired) electrons. The van der Waals surface area contributed by atoms with Crippen molar-refractivity contribution in [1.82, 2.24) is 19.9 Å². The average molecular weight is 267 g/mol. The number of nitrogen functional groups attached to an aromatic ring is 1. The number of aromatic amines is 1. The van der Waals surface area contributed by atoms with E-state index >= 15 is 0 Å². The monoisotopic (exact) mass is 267 g/mol. The molecule has 9 heteroatoms. The minimum atomic E-state index is -3.93. The number of anilines is 1. The Bertz CT molecular complexity index is 665. The van der Waals surface area contributed by atoms with Crippen molar-refractivity contribution in [2.75, 3.05) is 5.73 Å². The summed E-state index contributed by atoms with van der Waals surface area (Å²) in [7, 11) is -3.93. The van der Waals surface area contributed by atoms with Gasteiger partial charge in [0, 0.05) is 0 Å². The number of nitrogens with zero attached hydrogens (tertiary/aromatic N) is 2. The lowest BCUT2D eigenvalue weighted by molar-refractivity contribution is 0.0972. The highest BCUT2D eigenvalue weighted by atomic mass is 32.2. The van der Waals surface area contributed by atoms with Crippen LogP contribution in [0.3, 0.4) is 0 Å². The molecule has 0 spiro atoms. The van der Waals surface area contributed by atoms with E-state index in [2.05, 4.69) is 15.2 Å². The summed E-state index contributed by atoms with van der Waals surface area (Å²) in [4.78, 5) is 15.1. The minimum absolute atomic E-state index is 0.0224. The number of amides is 1. The smallest absolute Gasteiger partial charge is 0.302 e. The molecule has 0 saturated heterocycles. The van der Waals surface area contributed by atoms with Crippen molar-refractivity contribution >= 4 is 21.9 Å². The Morgan fingerprint density at radius 1 is 1.28 bits per heavy atom. The van der Waals surface area contributed by atoms with Crippen LogP contribution in [0.2, 0.25) is 0 Å². The Kier molecular flexibility index (Phi) is 2.98. The number of nitrogens with one attached hydrogen (secondary N) is 2. The van der Waals surface area contributed by atoms with Crippen LogP contribution < -0.4 is 10.5 Å². The van der Waals surface area contributed by atoms with Crippen LogP contribution >= 0.6 is 0 Å². The van der Waals surface area contributed by atoms with E-state index in [1.165, 1.54) is 12.1 Å². The Balaban J connectivity index is 2.22. The van der Waals surface area contributed by atoms with Gasteiger partial charge in [-0.05, 0) is 12.1 Å². The molecule has 1 aromatic carbocycles. The highest BCUT2D eigenvalue weighted by Crippen LogP contribution is 2.07. The molecule has 0 aliphatic heterocycles. The molecule has 0 unspecified atom stereocenters. The van der Waals surface area contributed by atoms with Crippen LogP contribution in [-0.2, 0) is 10.0 Å². The summed E-state index contributed by atoms with van der Waals surface area (Å²) in [6.45, 7) is 0. The van der Waals surface area contributed by atoms with Gasteiger partial charge in [-0.25, -0.2) is 13.1 Å². The number of hydrogen-bond donors (Lipinski definition) is 3. The number of carbonyl (C=O) groups excluding carboxylic acids is 1. The second kappa shape index (κ2) is 4.45. The number of H-pyrrole nitrogens is 1. The van der Waals surface area contributed by atoms with Crippen LogP contribution in [-0.4, -0.2) is 29.5 Å². The number of benzene rings is 1. The molecule has 0 saturated carbocycles. The van der Waals surface area contributed by atoms with Crippen LogP contribution in [0.25, 0.3) is 0 Å². The molecule has 18 heavy (non-hydrogen) atoms. The topological polar surface area (TPSA) is 131 Å². The number of rotatable bonds is 3. The number of nitrogens with two attached hydrogens (primary N) is 1. The van der Waals surface area contributed by atoms with Crippen molar-refractivity contribution in [2.24, 2.45) is 0 Å². The number of aromatic nitrogens is 3. The molecule has 1 amide bonds. The van der Waals surface area contributed by atoms with E-state index in [0.717, 1.165) is 0 Å². The Hall–Kier alpha value is -2.42. The van der Waals surface area contributed by atoms with Crippen LogP contribution in [0.15, 0.2) is 35.2 Å². The first kappa shape index (κ1) is 12.0. The third-order valence-corrected chi connectivity index (χ3v) is 3.35. The molecule has 0 fully saturated rings. The van der Waals surface area contributed by atoms with Crippen molar-refractivity contribution in [3.8, 4) is 0 Å². The van der Waals surface area contributed by atoms with Gasteiger partial charge in [-0.2, -0.15) is 4.98 Å². The summed E-state index contributed by atoms with van der Waals surface area (Å²) in [5.74, 6) is -1.34. The van der Waals surface area contributed by atoms with Crippen LogP contribution in [0.1, 0.15) is 10.6 Å². The van der Waals surface area contributed by atoms with E-state index in [1.807, 2.05) is 4.72 Å². The van der Waals surface area contributed by atoms with Crippen LogP contribution in [0.4, 0.5) is 5.95 Å². The molecular formula is C9H9N5O3S. The Morgan fingerprint density at radius 2 is 1.94 bits per heavy atom. The van der Waals surface area contributed by atoms with Gasteiger partial charge in [0.05, 0.1) is 4.90 Å². The van der Waals surface area contributed by atoms with Crippen molar-refractivity contribution in [1.29, 1.82) is 0 Å². The molecule has 0 aliphatic carbocycles. The zero-order valence-corrected chi connectivity index (χ0v) is 9.81. The highest BCUT2D eigenvalue weighted by molar-refractivity contribution is 7.90. The molecule has 1 aromatic heterocycles. The molecule has 0 aliphatic rings. The summed E-state index contributed by atoms with van der Waals surface area (Å²) in [6.07, 6.45) is 0. The molecule has 94 valence electrons. The zero-order valence-electron chi connectivity index (χ0n) is 8.99. The molecular weight excluding hydrogens is 258 g/mol. The third-order valence-electron chi connectivity index (χ3n) is 2.00. The van der Waals surface area contributed by atoms with Crippen LogP contribution in [0, 0.1) is 0 Å². The third kappa shape index (κ3) is 2.46. The maximum absolute atomic E-state index is 11.8. The fourth-order valence-electron chi connectivity index (χ4n) is 1.21. The molecule has 2 aromatic rings. The predicted molar refractivity (Wildman–Crippen MR) is 61.9 cm³/mol. The van der Waals surface area contributed by atoms with Gasteiger partial charge in [-0.1, -0.05) is 18.2 Å². The van der Waals surface area contributed by atoms with Gasteiger partial charge in [-0.3, -0.25) is 9.89 Å². The van der Waals surface area contributed by atoms with Gasteiger partial charge in [0.15, 0.2) is 0 Å². The first-order chi connectivity index (χ1) is 8.49. The van der Waals surface area contributed by atoms with Gasteiger partial charge < -0.3 is 5.73 Å². The maximum Gasteiger partial charge on any atom is 0.302 e. The summed E-state index contributed by atoms with van der Waals surface area (Å²) >= 11 is 0. The Labute approximate surface area is 102 Å². The summed E-state index contributed by atoms with van der Waals surface area (Å²) in [6, 6.07) is 7.49. The Morgan fingerprint density at radius 3 is 2.50 bits per heavy atom. The van der Waals surface area contributed by atoms with Crippen LogP contribution in [0.5, 0.6) is 0 Å². The second-order valence-electron chi connectivity index (χ2n) is 3.29. The molecule has 0 bridgehead atoms. The first-order valence-corrected chi connectivity index (χ1v) is 6.27. The van der Waals surface area contributed by atoms with E-state index in [0.29, 0.717) is 0 Å². The van der Waals surface area contributed by atoms with Gasteiger partial charge in [0.2, 0.25) is 11.8 Å². The van der Waals surface area contributed by atoms with E-state index < -0.39 is 15.9 Å². The number of sulfonamides is 1. The van der Waals surface area contributed by atoms with Crippen molar-refractivity contribution < 1.29 is 13.2 Å². The quantitative estimate of drug-likeness (QED) is 0.687. The second-order valence-corrected chi connectivity index (χ2v) is 4.97. The van der Waals surface area contributed by atoms with Crippen molar-refractivity contribution in [3.05, 3.63) is 36.2 Å². The molecule has 0 atom stereocenters. The highest BCUT2D eigenvalue weighted by Gasteiger charge is 2.20. The summed E-state index contributed by atoms with van der Waals surface area (Å²) < 4.78 is 25.4. The van der Waals surface area contributed by atoms with Gasteiger partial charge in [0.25, 0.3) is 10.0 Å². The van der Waals surface area contributed by atoms with E-state index in [-0.39, 0.29) is 16.7 Å². The van der Waals surface area contributed by atoms with E-state index in [1.54, 1.807) is 18.2 Å². The number of hydrogen-bond acceptors (Lipinski definition) is 6. The zero-order chi connectivity index (χ0) is 13.2. The van der Waals surface area contributed by atoms with Crippen molar-refractivity contribution in [3.63, 3.8) is 0 Å². The molecule has 8 nitrogen and oxygen atoms in total. The van der Waals surface area contributed by atoms with E-state index in [9.17, 15) is 13.2 Å². The average Bonchev–Trinajstić information content (AvgIpc) is 2.77. The summed E-state index contributed by atoms with van der Waals surface area (Å²) in [5.41, 5.74) is 5.21. The van der Waals surface area contributed by atoms with Crippen molar-refractivity contribution in [2.45, 2.75) is 4.90 Å². The lowest BCUT2D eigenvalue weighted by Gasteiger charge is -2.04. The normalized spacial score (nSPS) is 11.1.